The summed E-state index contributed by atoms with van der Waals surface area (Å²) in [6.45, 7) is 2.54. The Morgan fingerprint density at radius 2 is 1.73 bits per heavy atom. The molecule has 9 heteroatoms. The molecular formula is C17H15ClN6O2. The minimum absolute atomic E-state index is 0.140. The van der Waals surface area contributed by atoms with E-state index in [4.69, 9.17) is 16.6 Å². The highest BCUT2D eigenvalue weighted by molar-refractivity contribution is 6.31. The SMILES string of the molecule is O=[N+]([O-])c1c(Cl)ncnc1N1CCN(c2ccc3ccccc3n2)CC1. The zero-order valence-electron chi connectivity index (χ0n) is 13.7. The Labute approximate surface area is 154 Å². The summed E-state index contributed by atoms with van der Waals surface area (Å²) in [5, 5.41) is 12.2. The van der Waals surface area contributed by atoms with Crippen molar-refractivity contribution in [2.24, 2.45) is 0 Å². The first-order valence-corrected chi connectivity index (χ1v) is 8.52. The monoisotopic (exact) mass is 370 g/mol. The topological polar surface area (TPSA) is 88.3 Å². The van der Waals surface area contributed by atoms with Crippen LogP contribution in [0, 0.1) is 10.1 Å². The summed E-state index contributed by atoms with van der Waals surface area (Å²) in [6, 6.07) is 12.0. The smallest absolute Gasteiger partial charge is 0.348 e. The van der Waals surface area contributed by atoms with Crippen LogP contribution in [0.1, 0.15) is 0 Å². The average molecular weight is 371 g/mol. The van der Waals surface area contributed by atoms with E-state index >= 15 is 0 Å². The van der Waals surface area contributed by atoms with E-state index in [1.54, 1.807) is 0 Å². The maximum absolute atomic E-state index is 11.3. The van der Waals surface area contributed by atoms with E-state index in [0.29, 0.717) is 26.2 Å². The standard InChI is InChI=1S/C17H15ClN6O2/c18-16-15(24(25)26)17(20-11-19-16)23-9-7-22(8-10-23)14-6-5-12-3-1-2-4-13(12)21-14/h1-6,11H,7-10H2. The Morgan fingerprint density at radius 3 is 2.50 bits per heavy atom. The van der Waals surface area contributed by atoms with Gasteiger partial charge >= 0.3 is 5.69 Å². The molecule has 0 radical (unpaired) electrons. The third-order valence-corrected chi connectivity index (χ3v) is 4.70. The van der Waals surface area contributed by atoms with Crippen molar-refractivity contribution >= 4 is 39.8 Å². The maximum atomic E-state index is 11.3. The number of benzene rings is 1. The number of anilines is 2. The number of nitrogens with zero attached hydrogens (tertiary/aromatic N) is 6. The first kappa shape index (κ1) is 16.5. The molecule has 0 saturated carbocycles. The van der Waals surface area contributed by atoms with Crippen LogP contribution in [0.2, 0.25) is 5.15 Å². The molecule has 0 amide bonds. The van der Waals surface area contributed by atoms with Gasteiger partial charge in [-0.1, -0.05) is 29.8 Å². The van der Waals surface area contributed by atoms with Gasteiger partial charge in [0, 0.05) is 31.6 Å². The van der Waals surface area contributed by atoms with E-state index in [0.717, 1.165) is 16.7 Å². The molecule has 2 aromatic heterocycles. The predicted octanol–water partition coefficient (Wildman–Crippen LogP) is 2.91. The van der Waals surface area contributed by atoms with E-state index in [1.807, 2.05) is 35.2 Å². The summed E-state index contributed by atoms with van der Waals surface area (Å²) in [4.78, 5) is 27.3. The fraction of sp³-hybridized carbons (Fsp3) is 0.235. The number of pyridine rings is 1. The van der Waals surface area contributed by atoms with Crippen LogP contribution >= 0.6 is 11.6 Å². The molecule has 4 rings (SSSR count). The minimum Gasteiger partial charge on any atom is -0.353 e. The van der Waals surface area contributed by atoms with Crippen LogP contribution < -0.4 is 9.80 Å². The van der Waals surface area contributed by atoms with Gasteiger partial charge in [-0.05, 0) is 18.2 Å². The van der Waals surface area contributed by atoms with E-state index in [9.17, 15) is 10.1 Å². The number of nitro groups is 1. The summed E-state index contributed by atoms with van der Waals surface area (Å²) in [7, 11) is 0. The van der Waals surface area contributed by atoms with E-state index in [1.165, 1.54) is 6.33 Å². The van der Waals surface area contributed by atoms with E-state index in [-0.39, 0.29) is 16.7 Å². The third-order valence-electron chi connectivity index (χ3n) is 4.43. The van der Waals surface area contributed by atoms with Gasteiger partial charge in [0.15, 0.2) is 0 Å². The molecule has 1 aromatic carbocycles. The highest BCUT2D eigenvalue weighted by Crippen LogP contribution is 2.32. The Kier molecular flexibility index (Phi) is 4.26. The second-order valence-corrected chi connectivity index (χ2v) is 6.29. The molecule has 0 spiro atoms. The molecule has 0 aliphatic carbocycles. The first-order valence-electron chi connectivity index (χ1n) is 8.14. The summed E-state index contributed by atoms with van der Waals surface area (Å²) >= 11 is 5.88. The molecular weight excluding hydrogens is 356 g/mol. The highest BCUT2D eigenvalue weighted by Gasteiger charge is 2.28. The predicted molar refractivity (Wildman–Crippen MR) is 99.9 cm³/mol. The number of halogens is 1. The van der Waals surface area contributed by atoms with Crippen molar-refractivity contribution in [3.8, 4) is 0 Å². The first-order chi connectivity index (χ1) is 12.6. The molecule has 0 bridgehead atoms. The third kappa shape index (κ3) is 2.99. The average Bonchev–Trinajstić information content (AvgIpc) is 2.67. The largest absolute Gasteiger partial charge is 0.353 e. The van der Waals surface area contributed by atoms with Crippen LogP contribution in [0.25, 0.3) is 10.9 Å². The second-order valence-electron chi connectivity index (χ2n) is 5.93. The van der Waals surface area contributed by atoms with Gasteiger partial charge in [0.25, 0.3) is 0 Å². The Morgan fingerprint density at radius 1 is 1.00 bits per heavy atom. The molecule has 1 aliphatic heterocycles. The number of fused-ring (bicyclic) bond motifs is 1. The molecule has 0 N–H and O–H groups in total. The molecule has 1 saturated heterocycles. The normalized spacial score (nSPS) is 14.7. The van der Waals surface area contributed by atoms with Crippen LogP contribution in [-0.4, -0.2) is 46.1 Å². The summed E-state index contributed by atoms with van der Waals surface area (Å²) in [6.07, 6.45) is 1.25. The molecule has 1 fully saturated rings. The van der Waals surface area contributed by atoms with Crippen molar-refractivity contribution in [2.45, 2.75) is 0 Å². The Hall–Kier alpha value is -3.00. The molecule has 1 aliphatic rings. The van der Waals surface area contributed by atoms with Crippen molar-refractivity contribution in [3.05, 3.63) is 58.0 Å². The highest BCUT2D eigenvalue weighted by atomic mass is 35.5. The molecule has 0 unspecified atom stereocenters. The van der Waals surface area contributed by atoms with Crippen molar-refractivity contribution in [1.29, 1.82) is 0 Å². The molecule has 132 valence electrons. The van der Waals surface area contributed by atoms with Gasteiger partial charge in [0.2, 0.25) is 11.0 Å². The zero-order chi connectivity index (χ0) is 18.1. The molecule has 0 atom stereocenters. The van der Waals surface area contributed by atoms with Crippen LogP contribution in [0.4, 0.5) is 17.3 Å². The number of hydrogen-bond donors (Lipinski definition) is 0. The van der Waals surface area contributed by atoms with Gasteiger partial charge < -0.3 is 9.80 Å². The second kappa shape index (κ2) is 6.72. The molecule has 3 heterocycles. The number of aromatic nitrogens is 3. The lowest BCUT2D eigenvalue weighted by Crippen LogP contribution is -2.47. The minimum atomic E-state index is -0.533. The summed E-state index contributed by atoms with van der Waals surface area (Å²) in [5.74, 6) is 1.17. The lowest BCUT2D eigenvalue weighted by Gasteiger charge is -2.35. The molecule has 26 heavy (non-hydrogen) atoms. The van der Waals surface area contributed by atoms with Gasteiger partial charge in [-0.25, -0.2) is 15.0 Å². The quantitative estimate of drug-likeness (QED) is 0.398. The van der Waals surface area contributed by atoms with Crippen LogP contribution in [0.3, 0.4) is 0 Å². The fourth-order valence-electron chi connectivity index (χ4n) is 3.12. The number of hydrogen-bond acceptors (Lipinski definition) is 7. The van der Waals surface area contributed by atoms with E-state index < -0.39 is 4.92 Å². The van der Waals surface area contributed by atoms with Gasteiger partial charge in [0.1, 0.15) is 12.1 Å². The summed E-state index contributed by atoms with van der Waals surface area (Å²) in [5.41, 5.74) is 0.706. The number of rotatable bonds is 3. The van der Waals surface area contributed by atoms with Crippen LogP contribution in [0.5, 0.6) is 0 Å². The van der Waals surface area contributed by atoms with Gasteiger partial charge in [-0.15, -0.1) is 0 Å². The van der Waals surface area contributed by atoms with Crippen LogP contribution in [0.15, 0.2) is 42.7 Å². The maximum Gasteiger partial charge on any atom is 0.348 e. The van der Waals surface area contributed by atoms with Crippen molar-refractivity contribution in [2.75, 3.05) is 36.0 Å². The molecule has 8 nitrogen and oxygen atoms in total. The lowest BCUT2D eigenvalue weighted by atomic mass is 10.2. The van der Waals surface area contributed by atoms with Gasteiger partial charge in [0.05, 0.1) is 10.4 Å². The van der Waals surface area contributed by atoms with Gasteiger partial charge in [-0.2, -0.15) is 0 Å². The lowest BCUT2D eigenvalue weighted by molar-refractivity contribution is -0.384. The van der Waals surface area contributed by atoms with Gasteiger partial charge in [-0.3, -0.25) is 10.1 Å². The van der Waals surface area contributed by atoms with Crippen molar-refractivity contribution in [1.82, 2.24) is 15.0 Å². The van der Waals surface area contributed by atoms with Crippen LogP contribution in [-0.2, 0) is 0 Å². The van der Waals surface area contributed by atoms with E-state index in [2.05, 4.69) is 20.9 Å². The molecule has 3 aromatic rings. The number of piperazine rings is 1. The Balaban J connectivity index is 1.54. The summed E-state index contributed by atoms with van der Waals surface area (Å²) < 4.78 is 0. The fourth-order valence-corrected chi connectivity index (χ4v) is 3.31. The zero-order valence-corrected chi connectivity index (χ0v) is 14.5. The van der Waals surface area contributed by atoms with Crippen molar-refractivity contribution < 1.29 is 4.92 Å². The Bertz CT molecular complexity index is 974. The number of para-hydroxylation sites is 1. The van der Waals surface area contributed by atoms with Crippen molar-refractivity contribution in [3.63, 3.8) is 0 Å².